The molecule has 1 unspecified atom stereocenters. The van der Waals surface area contributed by atoms with Crippen molar-refractivity contribution in [3.05, 3.63) is 34.8 Å². The molecule has 96 valence electrons. The maximum atomic E-state index is 4.50. The average Bonchev–Trinajstić information content (AvgIpc) is 2.90. The molecule has 0 fully saturated rings. The van der Waals surface area contributed by atoms with Crippen molar-refractivity contribution < 1.29 is 0 Å². The molecule has 2 rings (SSSR count). The van der Waals surface area contributed by atoms with Gasteiger partial charge in [0.15, 0.2) is 0 Å². The molecule has 5 heteroatoms. The Labute approximate surface area is 112 Å². The molecule has 0 amide bonds. The number of likely N-dealkylation sites (N-methyl/N-ethyl adjacent to an activating group) is 1. The van der Waals surface area contributed by atoms with Crippen molar-refractivity contribution in [2.45, 2.75) is 19.4 Å². The van der Waals surface area contributed by atoms with Crippen molar-refractivity contribution in [2.75, 3.05) is 24.3 Å². The van der Waals surface area contributed by atoms with E-state index < -0.39 is 0 Å². The largest absolute Gasteiger partial charge is 0.372 e. The molecule has 1 N–H and O–H groups in total. The van der Waals surface area contributed by atoms with Crippen molar-refractivity contribution in [1.29, 1.82) is 0 Å². The van der Waals surface area contributed by atoms with E-state index in [1.165, 1.54) is 4.88 Å². The Morgan fingerprint density at radius 2 is 2.28 bits per heavy atom. The minimum Gasteiger partial charge on any atom is -0.372 e. The maximum Gasteiger partial charge on any atom is 0.149 e. The molecule has 0 aromatic carbocycles. The highest BCUT2D eigenvalue weighted by atomic mass is 32.1. The van der Waals surface area contributed by atoms with Crippen LogP contribution in [0.3, 0.4) is 0 Å². The second-order valence-electron chi connectivity index (χ2n) is 4.26. The summed E-state index contributed by atoms with van der Waals surface area (Å²) in [6.07, 6.45) is 4.55. The van der Waals surface area contributed by atoms with Crippen LogP contribution in [0.2, 0.25) is 0 Å². The molecule has 2 aromatic rings. The molecule has 0 aliphatic carbocycles. The molecule has 1 atom stereocenters. The van der Waals surface area contributed by atoms with E-state index in [9.17, 15) is 0 Å². The summed E-state index contributed by atoms with van der Waals surface area (Å²) in [6.45, 7) is 2.20. The number of anilines is 2. The van der Waals surface area contributed by atoms with E-state index in [0.717, 1.165) is 18.1 Å². The minimum atomic E-state index is 0.394. The van der Waals surface area contributed by atoms with Gasteiger partial charge in [-0.1, -0.05) is 6.07 Å². The Kier molecular flexibility index (Phi) is 4.15. The topological polar surface area (TPSA) is 41.1 Å². The van der Waals surface area contributed by atoms with Crippen LogP contribution in [-0.4, -0.2) is 30.1 Å². The summed E-state index contributed by atoms with van der Waals surface area (Å²) in [7, 11) is 3.91. The lowest BCUT2D eigenvalue weighted by Gasteiger charge is -2.25. The van der Waals surface area contributed by atoms with E-state index in [2.05, 4.69) is 51.7 Å². The highest BCUT2D eigenvalue weighted by molar-refractivity contribution is 7.09. The molecule has 0 spiro atoms. The third-order valence-corrected chi connectivity index (χ3v) is 3.88. The summed E-state index contributed by atoms with van der Waals surface area (Å²) in [5.74, 6) is 1.69. The zero-order valence-electron chi connectivity index (χ0n) is 10.9. The number of aromatic nitrogens is 2. The van der Waals surface area contributed by atoms with Crippen molar-refractivity contribution in [3.63, 3.8) is 0 Å². The number of nitrogens with zero attached hydrogens (tertiary/aromatic N) is 3. The number of nitrogens with one attached hydrogen (secondary N) is 1. The van der Waals surface area contributed by atoms with E-state index in [-0.39, 0.29) is 0 Å². The van der Waals surface area contributed by atoms with Crippen LogP contribution in [0.15, 0.2) is 29.9 Å². The lowest BCUT2D eigenvalue weighted by molar-refractivity contribution is 0.679. The van der Waals surface area contributed by atoms with Crippen LogP contribution in [0.1, 0.15) is 11.8 Å². The predicted octanol–water partition coefficient (Wildman–Crippen LogP) is 2.65. The summed E-state index contributed by atoms with van der Waals surface area (Å²) >= 11 is 1.80. The summed E-state index contributed by atoms with van der Waals surface area (Å²) in [6, 6.07) is 4.66. The van der Waals surface area contributed by atoms with Crippen LogP contribution in [-0.2, 0) is 6.42 Å². The van der Waals surface area contributed by atoms with Crippen molar-refractivity contribution in [2.24, 2.45) is 0 Å². The molecule has 0 saturated heterocycles. The van der Waals surface area contributed by atoms with Crippen LogP contribution in [0.25, 0.3) is 0 Å². The van der Waals surface area contributed by atoms with Gasteiger partial charge in [0, 0.05) is 31.4 Å². The van der Waals surface area contributed by atoms with E-state index in [1.54, 1.807) is 23.7 Å². The molecule has 4 nitrogen and oxygen atoms in total. The summed E-state index contributed by atoms with van der Waals surface area (Å²) < 4.78 is 0. The lowest BCUT2D eigenvalue weighted by Crippen LogP contribution is -2.31. The van der Waals surface area contributed by atoms with Gasteiger partial charge in [-0.15, -0.1) is 11.3 Å². The van der Waals surface area contributed by atoms with Crippen molar-refractivity contribution in [3.8, 4) is 0 Å². The quantitative estimate of drug-likeness (QED) is 0.899. The third-order valence-electron chi connectivity index (χ3n) is 2.98. The normalized spacial score (nSPS) is 12.2. The number of hydrogen-bond acceptors (Lipinski definition) is 5. The van der Waals surface area contributed by atoms with Gasteiger partial charge in [-0.3, -0.25) is 4.98 Å². The van der Waals surface area contributed by atoms with Crippen molar-refractivity contribution >= 4 is 23.0 Å². The second-order valence-corrected chi connectivity index (χ2v) is 5.29. The van der Waals surface area contributed by atoms with Crippen LogP contribution >= 0.6 is 11.3 Å². The molecule has 0 aliphatic rings. The smallest absolute Gasteiger partial charge is 0.149 e. The SMILES string of the molecule is CNc1cncc(N(C)C(C)Cc2cccs2)n1. The zero-order valence-corrected chi connectivity index (χ0v) is 11.7. The number of hydrogen-bond donors (Lipinski definition) is 1. The Morgan fingerprint density at radius 1 is 1.44 bits per heavy atom. The zero-order chi connectivity index (χ0) is 13.0. The van der Waals surface area contributed by atoms with Gasteiger partial charge in [0.25, 0.3) is 0 Å². The fourth-order valence-corrected chi connectivity index (χ4v) is 2.56. The Balaban J connectivity index is 2.07. The van der Waals surface area contributed by atoms with Crippen molar-refractivity contribution in [1.82, 2.24) is 9.97 Å². The predicted molar refractivity (Wildman–Crippen MR) is 77.5 cm³/mol. The Bertz CT molecular complexity index is 483. The van der Waals surface area contributed by atoms with Gasteiger partial charge in [0.05, 0.1) is 12.4 Å². The molecule has 0 radical (unpaired) electrons. The molecule has 0 aliphatic heterocycles. The third kappa shape index (κ3) is 2.98. The molecular formula is C13H18N4S. The fraction of sp³-hybridized carbons (Fsp3) is 0.385. The Morgan fingerprint density at radius 3 is 2.94 bits per heavy atom. The molecule has 18 heavy (non-hydrogen) atoms. The average molecular weight is 262 g/mol. The first-order valence-electron chi connectivity index (χ1n) is 5.95. The van der Waals surface area contributed by atoms with Gasteiger partial charge in [0.1, 0.15) is 11.6 Å². The molecule has 2 aromatic heterocycles. The van der Waals surface area contributed by atoms with Gasteiger partial charge in [-0.05, 0) is 18.4 Å². The maximum absolute atomic E-state index is 4.50. The monoisotopic (exact) mass is 262 g/mol. The van der Waals surface area contributed by atoms with Crippen LogP contribution < -0.4 is 10.2 Å². The summed E-state index contributed by atoms with van der Waals surface area (Å²) in [5.41, 5.74) is 0. The number of rotatable bonds is 5. The standard InChI is InChI=1S/C13H18N4S/c1-10(7-11-5-4-6-18-11)17(3)13-9-15-8-12(14-2)16-13/h4-6,8-10H,7H2,1-3H3,(H,14,16). The lowest BCUT2D eigenvalue weighted by atomic mass is 10.2. The highest BCUT2D eigenvalue weighted by Gasteiger charge is 2.13. The van der Waals surface area contributed by atoms with E-state index >= 15 is 0 Å². The first-order chi connectivity index (χ1) is 8.70. The molecule has 0 bridgehead atoms. The van der Waals surface area contributed by atoms with Crippen LogP contribution in [0.5, 0.6) is 0 Å². The van der Waals surface area contributed by atoms with Crippen LogP contribution in [0, 0.1) is 0 Å². The van der Waals surface area contributed by atoms with Crippen LogP contribution in [0.4, 0.5) is 11.6 Å². The molecule has 2 heterocycles. The van der Waals surface area contributed by atoms with Gasteiger partial charge in [0.2, 0.25) is 0 Å². The first kappa shape index (κ1) is 12.8. The second kappa shape index (κ2) is 5.82. The molecule has 0 saturated carbocycles. The van der Waals surface area contributed by atoms with Gasteiger partial charge < -0.3 is 10.2 Å². The van der Waals surface area contributed by atoms with E-state index in [0.29, 0.717) is 6.04 Å². The number of thiophene rings is 1. The summed E-state index contributed by atoms with van der Waals surface area (Å²) in [5, 5.41) is 5.12. The van der Waals surface area contributed by atoms with E-state index in [1.807, 2.05) is 7.05 Å². The van der Waals surface area contributed by atoms with E-state index in [4.69, 9.17) is 0 Å². The first-order valence-corrected chi connectivity index (χ1v) is 6.83. The summed E-state index contributed by atoms with van der Waals surface area (Å²) in [4.78, 5) is 12.2. The minimum absolute atomic E-state index is 0.394. The highest BCUT2D eigenvalue weighted by Crippen LogP contribution is 2.18. The fourth-order valence-electron chi connectivity index (χ4n) is 1.73. The van der Waals surface area contributed by atoms with Gasteiger partial charge >= 0.3 is 0 Å². The molecular weight excluding hydrogens is 244 g/mol. The van der Waals surface area contributed by atoms with Gasteiger partial charge in [-0.25, -0.2) is 4.98 Å². The van der Waals surface area contributed by atoms with Gasteiger partial charge in [-0.2, -0.15) is 0 Å². The Hall–Kier alpha value is -1.62.